The van der Waals surface area contributed by atoms with Gasteiger partial charge < -0.3 is 4.74 Å². The summed E-state index contributed by atoms with van der Waals surface area (Å²) in [6.07, 6.45) is 9.10. The lowest BCUT2D eigenvalue weighted by molar-refractivity contribution is 0.0805. The molecule has 2 heterocycles. The van der Waals surface area contributed by atoms with Gasteiger partial charge in [-0.05, 0) is 37.5 Å². The minimum absolute atomic E-state index is 0.515. The number of hydrogen-bond acceptors (Lipinski definition) is 3. The van der Waals surface area contributed by atoms with Crippen LogP contribution in [-0.4, -0.2) is 41.0 Å². The lowest BCUT2D eigenvalue weighted by Gasteiger charge is -2.37. The Morgan fingerprint density at radius 3 is 2.76 bits per heavy atom. The van der Waals surface area contributed by atoms with E-state index in [1.807, 2.05) is 0 Å². The van der Waals surface area contributed by atoms with Crippen LogP contribution in [0.4, 0.5) is 0 Å². The van der Waals surface area contributed by atoms with Gasteiger partial charge in [0.15, 0.2) is 0 Å². The van der Waals surface area contributed by atoms with Gasteiger partial charge in [-0.1, -0.05) is 6.42 Å². The third-order valence-electron chi connectivity index (χ3n) is 5.50. The molecule has 0 amide bonds. The van der Waals surface area contributed by atoms with E-state index < -0.39 is 0 Å². The SMILES string of the molecule is Cn1ncc2c1CN(CC1CCC1)C[C@H]2COCC1CC1. The molecule has 0 aromatic carbocycles. The maximum Gasteiger partial charge on any atom is 0.0557 e. The van der Waals surface area contributed by atoms with E-state index in [0.717, 1.165) is 38.1 Å². The summed E-state index contributed by atoms with van der Waals surface area (Å²) in [6, 6.07) is 0. The summed E-state index contributed by atoms with van der Waals surface area (Å²) in [4.78, 5) is 2.64. The van der Waals surface area contributed by atoms with Gasteiger partial charge in [0, 0.05) is 44.8 Å². The summed E-state index contributed by atoms with van der Waals surface area (Å²) in [7, 11) is 2.08. The molecule has 2 aliphatic carbocycles. The first-order valence-electron chi connectivity index (χ1n) is 8.60. The Bertz CT molecular complexity index is 490. The second kappa shape index (κ2) is 5.73. The lowest BCUT2D eigenvalue weighted by atomic mass is 9.84. The van der Waals surface area contributed by atoms with Gasteiger partial charge in [0.05, 0.1) is 18.5 Å². The quantitative estimate of drug-likeness (QED) is 0.806. The second-order valence-electron chi connectivity index (χ2n) is 7.34. The van der Waals surface area contributed by atoms with Gasteiger partial charge in [0.25, 0.3) is 0 Å². The molecule has 1 aliphatic heterocycles. The zero-order chi connectivity index (χ0) is 14.2. The number of ether oxygens (including phenoxy) is 1. The molecule has 0 spiro atoms. The average Bonchev–Trinajstić information content (AvgIpc) is 3.18. The highest BCUT2D eigenvalue weighted by Crippen LogP contribution is 2.33. The van der Waals surface area contributed by atoms with Crippen molar-refractivity contribution in [3.63, 3.8) is 0 Å². The Kier molecular flexibility index (Phi) is 3.76. The first-order chi connectivity index (χ1) is 10.3. The molecule has 4 nitrogen and oxygen atoms in total. The molecular weight excluding hydrogens is 262 g/mol. The van der Waals surface area contributed by atoms with Crippen LogP contribution in [0, 0.1) is 11.8 Å². The Labute approximate surface area is 127 Å². The number of aromatic nitrogens is 2. The van der Waals surface area contributed by atoms with Crippen LogP contribution in [0.5, 0.6) is 0 Å². The van der Waals surface area contributed by atoms with Crippen LogP contribution in [0.25, 0.3) is 0 Å². The minimum Gasteiger partial charge on any atom is -0.380 e. The van der Waals surface area contributed by atoms with Gasteiger partial charge in [0.1, 0.15) is 0 Å². The first-order valence-corrected chi connectivity index (χ1v) is 8.60. The molecule has 4 rings (SSSR count). The van der Waals surface area contributed by atoms with Crippen LogP contribution in [0.15, 0.2) is 6.20 Å². The van der Waals surface area contributed by atoms with Crippen molar-refractivity contribution < 1.29 is 4.74 Å². The van der Waals surface area contributed by atoms with E-state index in [2.05, 4.69) is 27.9 Å². The predicted octanol–water partition coefficient (Wildman–Crippen LogP) is 2.55. The summed E-state index contributed by atoms with van der Waals surface area (Å²) in [5.41, 5.74) is 2.83. The molecule has 0 radical (unpaired) electrons. The number of aryl methyl sites for hydroxylation is 1. The smallest absolute Gasteiger partial charge is 0.0557 e. The molecular formula is C17H27N3O. The van der Waals surface area contributed by atoms with Crippen molar-refractivity contribution in [3.8, 4) is 0 Å². The molecule has 3 aliphatic rings. The van der Waals surface area contributed by atoms with E-state index in [4.69, 9.17) is 4.74 Å². The van der Waals surface area contributed by atoms with Crippen molar-refractivity contribution in [1.29, 1.82) is 0 Å². The monoisotopic (exact) mass is 289 g/mol. The fourth-order valence-electron chi connectivity index (χ4n) is 3.68. The molecule has 0 saturated heterocycles. The fraction of sp³-hybridized carbons (Fsp3) is 0.824. The summed E-state index contributed by atoms with van der Waals surface area (Å²) in [5, 5.41) is 4.49. The largest absolute Gasteiger partial charge is 0.380 e. The van der Waals surface area contributed by atoms with Crippen molar-refractivity contribution in [2.75, 3.05) is 26.3 Å². The Balaban J connectivity index is 1.41. The van der Waals surface area contributed by atoms with E-state index in [1.165, 1.54) is 49.9 Å². The van der Waals surface area contributed by atoms with Crippen LogP contribution in [-0.2, 0) is 18.3 Å². The molecule has 0 N–H and O–H groups in total. The standard InChI is InChI=1S/C17H27N3O/c1-19-17-10-20(8-13-3-2-4-13)9-15(16(17)7-18-19)12-21-11-14-5-6-14/h7,13-15H,2-6,8-12H2,1H3/t15-/m0/s1. The Morgan fingerprint density at radius 1 is 1.19 bits per heavy atom. The molecule has 1 aromatic heterocycles. The maximum absolute atomic E-state index is 5.99. The third kappa shape index (κ3) is 3.02. The average molecular weight is 289 g/mol. The van der Waals surface area contributed by atoms with E-state index in [-0.39, 0.29) is 0 Å². The van der Waals surface area contributed by atoms with E-state index >= 15 is 0 Å². The van der Waals surface area contributed by atoms with Gasteiger partial charge in [-0.15, -0.1) is 0 Å². The van der Waals surface area contributed by atoms with Gasteiger partial charge in [-0.25, -0.2) is 0 Å². The Hall–Kier alpha value is -0.870. The van der Waals surface area contributed by atoms with Crippen molar-refractivity contribution in [2.24, 2.45) is 18.9 Å². The molecule has 2 saturated carbocycles. The van der Waals surface area contributed by atoms with Crippen LogP contribution < -0.4 is 0 Å². The zero-order valence-electron chi connectivity index (χ0n) is 13.1. The molecule has 0 unspecified atom stereocenters. The van der Waals surface area contributed by atoms with Crippen molar-refractivity contribution in [3.05, 3.63) is 17.5 Å². The fourth-order valence-corrected chi connectivity index (χ4v) is 3.68. The third-order valence-corrected chi connectivity index (χ3v) is 5.50. The molecule has 21 heavy (non-hydrogen) atoms. The topological polar surface area (TPSA) is 30.3 Å². The van der Waals surface area contributed by atoms with Gasteiger partial charge in [0.2, 0.25) is 0 Å². The van der Waals surface area contributed by atoms with Crippen LogP contribution in [0.2, 0.25) is 0 Å². The lowest BCUT2D eigenvalue weighted by Crippen LogP contribution is -2.40. The van der Waals surface area contributed by atoms with Crippen molar-refractivity contribution in [2.45, 2.75) is 44.6 Å². The number of nitrogens with zero attached hydrogens (tertiary/aromatic N) is 3. The van der Waals surface area contributed by atoms with Gasteiger partial charge >= 0.3 is 0 Å². The van der Waals surface area contributed by atoms with E-state index in [1.54, 1.807) is 0 Å². The van der Waals surface area contributed by atoms with Gasteiger partial charge in [-0.3, -0.25) is 9.58 Å². The minimum atomic E-state index is 0.515. The maximum atomic E-state index is 5.99. The zero-order valence-corrected chi connectivity index (χ0v) is 13.1. The molecule has 1 atom stereocenters. The van der Waals surface area contributed by atoms with Crippen LogP contribution in [0.3, 0.4) is 0 Å². The molecule has 116 valence electrons. The number of fused-ring (bicyclic) bond motifs is 1. The van der Waals surface area contributed by atoms with Gasteiger partial charge in [-0.2, -0.15) is 5.10 Å². The van der Waals surface area contributed by atoms with E-state index in [9.17, 15) is 0 Å². The number of rotatable bonds is 6. The highest BCUT2D eigenvalue weighted by molar-refractivity contribution is 5.26. The highest BCUT2D eigenvalue weighted by atomic mass is 16.5. The number of hydrogen-bond donors (Lipinski definition) is 0. The Morgan fingerprint density at radius 2 is 2.05 bits per heavy atom. The molecule has 1 aromatic rings. The normalized spacial score (nSPS) is 26.6. The summed E-state index contributed by atoms with van der Waals surface area (Å²) < 4.78 is 8.06. The summed E-state index contributed by atoms with van der Waals surface area (Å²) >= 11 is 0. The summed E-state index contributed by atoms with van der Waals surface area (Å²) in [6.45, 7) is 5.33. The van der Waals surface area contributed by atoms with Crippen molar-refractivity contribution >= 4 is 0 Å². The van der Waals surface area contributed by atoms with Crippen LogP contribution in [0.1, 0.15) is 49.3 Å². The van der Waals surface area contributed by atoms with Crippen LogP contribution >= 0.6 is 0 Å². The van der Waals surface area contributed by atoms with E-state index in [0.29, 0.717) is 5.92 Å². The highest BCUT2D eigenvalue weighted by Gasteiger charge is 2.31. The molecule has 2 fully saturated rings. The summed E-state index contributed by atoms with van der Waals surface area (Å²) in [5.74, 6) is 2.31. The molecule has 0 bridgehead atoms. The first kappa shape index (κ1) is 13.8. The predicted molar refractivity (Wildman–Crippen MR) is 82.1 cm³/mol. The van der Waals surface area contributed by atoms with Crippen molar-refractivity contribution in [1.82, 2.24) is 14.7 Å². The molecule has 4 heteroatoms. The second-order valence-corrected chi connectivity index (χ2v) is 7.34.